The third-order valence-electron chi connectivity index (χ3n) is 4.96. The number of hydrogen-bond donors (Lipinski definition) is 1. The molecule has 2 atom stereocenters. The van der Waals surface area contributed by atoms with Crippen LogP contribution in [0, 0.1) is 0 Å². The molecular formula is C23H31NO3. The lowest BCUT2D eigenvalue weighted by molar-refractivity contribution is 0.0640. The molecule has 4 heteroatoms. The van der Waals surface area contributed by atoms with Gasteiger partial charge in [-0.15, -0.1) is 0 Å². The minimum absolute atomic E-state index is 0.00406. The highest BCUT2D eigenvalue weighted by atomic mass is 16.5. The van der Waals surface area contributed by atoms with Crippen LogP contribution >= 0.6 is 0 Å². The molecule has 0 aliphatic rings. The fraction of sp³-hybridized carbons (Fsp3) is 0.435. The Balaban J connectivity index is 2.36. The number of hydrogen-bond acceptors (Lipinski definition) is 3. The molecular weight excluding hydrogens is 338 g/mol. The first-order valence-electron chi connectivity index (χ1n) is 9.51. The second-order valence-corrected chi connectivity index (χ2v) is 7.49. The Morgan fingerprint density at radius 3 is 2.00 bits per heavy atom. The van der Waals surface area contributed by atoms with Gasteiger partial charge in [-0.1, -0.05) is 37.3 Å². The van der Waals surface area contributed by atoms with Crippen LogP contribution in [0.1, 0.15) is 68.1 Å². The lowest BCUT2D eigenvalue weighted by atomic mass is 9.87. The quantitative estimate of drug-likeness (QED) is 0.763. The molecule has 4 nitrogen and oxygen atoms in total. The summed E-state index contributed by atoms with van der Waals surface area (Å²) in [6.07, 6.45) is -0.712. The van der Waals surface area contributed by atoms with E-state index < -0.39 is 6.10 Å². The molecule has 0 bridgehead atoms. The van der Waals surface area contributed by atoms with Gasteiger partial charge >= 0.3 is 0 Å². The largest absolute Gasteiger partial charge is 0.497 e. The Hall–Kier alpha value is -2.33. The minimum atomic E-state index is -0.712. The van der Waals surface area contributed by atoms with Crippen molar-refractivity contribution >= 4 is 5.91 Å². The van der Waals surface area contributed by atoms with Crippen molar-refractivity contribution in [2.24, 2.45) is 0 Å². The predicted octanol–water partition coefficient (Wildman–Crippen LogP) is 4.79. The van der Waals surface area contributed by atoms with Crippen LogP contribution in [0.3, 0.4) is 0 Å². The molecule has 0 aliphatic heterocycles. The Kier molecular flexibility index (Phi) is 7.03. The SMILES string of the molecule is COc1ccc([C@@H](O)[C@@H](C)c2ccccc2C(=O)N(C(C)C)C(C)C)cc1. The molecule has 2 aromatic carbocycles. The number of methoxy groups -OCH3 is 1. The number of rotatable bonds is 7. The van der Waals surface area contributed by atoms with Crippen molar-refractivity contribution in [3.05, 3.63) is 65.2 Å². The molecule has 0 aliphatic carbocycles. The van der Waals surface area contributed by atoms with Gasteiger partial charge in [0.2, 0.25) is 0 Å². The first kappa shape index (κ1) is 21.0. The van der Waals surface area contributed by atoms with E-state index in [4.69, 9.17) is 4.74 Å². The van der Waals surface area contributed by atoms with Crippen molar-refractivity contribution in [1.29, 1.82) is 0 Å². The summed E-state index contributed by atoms with van der Waals surface area (Å²) in [7, 11) is 1.62. The first-order chi connectivity index (χ1) is 12.8. The summed E-state index contributed by atoms with van der Waals surface area (Å²) < 4.78 is 5.18. The Bertz CT molecular complexity index is 744. The van der Waals surface area contributed by atoms with Gasteiger partial charge in [0.25, 0.3) is 5.91 Å². The number of carbonyl (C=O) groups excluding carboxylic acids is 1. The van der Waals surface area contributed by atoms with Crippen LogP contribution in [0.4, 0.5) is 0 Å². The van der Waals surface area contributed by atoms with Gasteiger partial charge in [0.1, 0.15) is 5.75 Å². The van der Waals surface area contributed by atoms with Crippen molar-refractivity contribution in [3.8, 4) is 5.75 Å². The van der Waals surface area contributed by atoms with E-state index in [0.29, 0.717) is 5.56 Å². The number of aliphatic hydroxyl groups excluding tert-OH is 1. The number of ether oxygens (including phenoxy) is 1. The molecule has 27 heavy (non-hydrogen) atoms. The van der Waals surface area contributed by atoms with Gasteiger partial charge in [0, 0.05) is 23.6 Å². The maximum atomic E-state index is 13.2. The molecule has 0 spiro atoms. The van der Waals surface area contributed by atoms with Gasteiger partial charge < -0.3 is 14.7 Å². The number of carbonyl (C=O) groups is 1. The highest BCUT2D eigenvalue weighted by Crippen LogP contribution is 2.34. The zero-order valence-electron chi connectivity index (χ0n) is 17.1. The van der Waals surface area contributed by atoms with Crippen LogP contribution in [0.25, 0.3) is 0 Å². The predicted molar refractivity (Wildman–Crippen MR) is 109 cm³/mol. The van der Waals surface area contributed by atoms with Crippen LogP contribution < -0.4 is 4.74 Å². The summed E-state index contributed by atoms with van der Waals surface area (Å²) in [4.78, 5) is 15.1. The molecule has 1 amide bonds. The Morgan fingerprint density at radius 1 is 0.926 bits per heavy atom. The van der Waals surface area contributed by atoms with E-state index in [1.807, 2.05) is 88.0 Å². The fourth-order valence-electron chi connectivity index (χ4n) is 3.55. The second-order valence-electron chi connectivity index (χ2n) is 7.49. The fourth-order valence-corrected chi connectivity index (χ4v) is 3.55. The Morgan fingerprint density at radius 2 is 1.48 bits per heavy atom. The number of nitrogens with zero attached hydrogens (tertiary/aromatic N) is 1. The molecule has 0 radical (unpaired) electrons. The smallest absolute Gasteiger partial charge is 0.254 e. The summed E-state index contributed by atoms with van der Waals surface area (Å²) >= 11 is 0. The van der Waals surface area contributed by atoms with E-state index in [1.54, 1.807) is 7.11 Å². The van der Waals surface area contributed by atoms with E-state index in [-0.39, 0.29) is 23.9 Å². The summed E-state index contributed by atoms with van der Waals surface area (Å²) in [6, 6.07) is 15.2. The number of benzene rings is 2. The molecule has 0 aromatic heterocycles. The second kappa shape index (κ2) is 9.05. The molecule has 146 valence electrons. The van der Waals surface area contributed by atoms with E-state index in [9.17, 15) is 9.90 Å². The van der Waals surface area contributed by atoms with Crippen LogP contribution in [-0.2, 0) is 0 Å². The maximum Gasteiger partial charge on any atom is 0.254 e. The molecule has 2 rings (SSSR count). The summed E-state index contributed by atoms with van der Waals surface area (Å²) in [5.74, 6) is 0.530. The van der Waals surface area contributed by atoms with Crippen molar-refractivity contribution < 1.29 is 14.6 Å². The van der Waals surface area contributed by atoms with Gasteiger partial charge in [-0.25, -0.2) is 0 Å². The van der Waals surface area contributed by atoms with Crippen LogP contribution in [0.5, 0.6) is 5.75 Å². The molecule has 0 heterocycles. The molecule has 0 fully saturated rings. The van der Waals surface area contributed by atoms with Crippen molar-refractivity contribution in [3.63, 3.8) is 0 Å². The standard InChI is InChI=1S/C23H31NO3/c1-15(2)24(16(3)4)23(26)21-10-8-7-9-20(21)17(5)22(25)18-11-13-19(27-6)14-12-18/h7-17,22,25H,1-6H3/t17-,22-/m0/s1. The van der Waals surface area contributed by atoms with Crippen molar-refractivity contribution in [1.82, 2.24) is 4.90 Å². The zero-order chi connectivity index (χ0) is 20.1. The van der Waals surface area contributed by atoms with Gasteiger partial charge in [-0.05, 0) is 57.0 Å². The van der Waals surface area contributed by atoms with Crippen LogP contribution in [-0.4, -0.2) is 35.1 Å². The van der Waals surface area contributed by atoms with Gasteiger partial charge in [-0.3, -0.25) is 4.79 Å². The van der Waals surface area contributed by atoms with Crippen molar-refractivity contribution in [2.75, 3.05) is 7.11 Å². The molecule has 0 saturated carbocycles. The molecule has 0 saturated heterocycles. The van der Waals surface area contributed by atoms with Gasteiger partial charge in [0.05, 0.1) is 13.2 Å². The maximum absolute atomic E-state index is 13.2. The highest BCUT2D eigenvalue weighted by molar-refractivity contribution is 5.96. The van der Waals surface area contributed by atoms with Crippen LogP contribution in [0.2, 0.25) is 0 Å². The molecule has 1 N–H and O–H groups in total. The van der Waals surface area contributed by atoms with E-state index in [1.165, 1.54) is 0 Å². The van der Waals surface area contributed by atoms with Crippen LogP contribution in [0.15, 0.2) is 48.5 Å². The minimum Gasteiger partial charge on any atom is -0.497 e. The van der Waals surface area contributed by atoms with E-state index in [0.717, 1.165) is 16.9 Å². The Labute approximate surface area is 162 Å². The lowest BCUT2D eigenvalue weighted by Gasteiger charge is -2.32. The number of amides is 1. The third-order valence-corrected chi connectivity index (χ3v) is 4.96. The monoisotopic (exact) mass is 369 g/mol. The highest BCUT2D eigenvalue weighted by Gasteiger charge is 2.27. The third kappa shape index (κ3) is 4.69. The zero-order valence-corrected chi connectivity index (χ0v) is 17.1. The number of aliphatic hydroxyl groups is 1. The normalized spacial score (nSPS) is 13.5. The van der Waals surface area contributed by atoms with Crippen molar-refractivity contribution in [2.45, 2.75) is 58.7 Å². The van der Waals surface area contributed by atoms with E-state index in [2.05, 4.69) is 0 Å². The molecule has 2 aromatic rings. The van der Waals surface area contributed by atoms with Gasteiger partial charge in [-0.2, -0.15) is 0 Å². The van der Waals surface area contributed by atoms with E-state index >= 15 is 0 Å². The summed E-state index contributed by atoms with van der Waals surface area (Å²) in [5, 5.41) is 10.9. The summed E-state index contributed by atoms with van der Waals surface area (Å²) in [5.41, 5.74) is 2.31. The average Bonchev–Trinajstić information content (AvgIpc) is 2.66. The lowest BCUT2D eigenvalue weighted by Crippen LogP contribution is -2.42. The van der Waals surface area contributed by atoms with Gasteiger partial charge in [0.15, 0.2) is 0 Å². The summed E-state index contributed by atoms with van der Waals surface area (Å²) in [6.45, 7) is 10.1. The first-order valence-corrected chi connectivity index (χ1v) is 9.51. The molecule has 0 unspecified atom stereocenters. The topological polar surface area (TPSA) is 49.8 Å². The average molecular weight is 370 g/mol.